The van der Waals surface area contributed by atoms with Gasteiger partial charge in [-0.1, -0.05) is 18.2 Å². The maximum absolute atomic E-state index is 13.1. The van der Waals surface area contributed by atoms with Crippen LogP contribution in [0.4, 0.5) is 11.4 Å². The van der Waals surface area contributed by atoms with E-state index in [-0.39, 0.29) is 10.7 Å². The number of nitrogens with zero attached hydrogens (tertiary/aromatic N) is 2. The van der Waals surface area contributed by atoms with Crippen molar-refractivity contribution in [2.45, 2.75) is 12.8 Å². The number of rotatable bonds is 4. The first-order valence-corrected chi connectivity index (χ1v) is 9.88. The normalized spacial score (nSPS) is 18.4. The van der Waals surface area contributed by atoms with Crippen LogP contribution >= 0.6 is 12.2 Å². The first-order valence-electron chi connectivity index (χ1n) is 9.47. The van der Waals surface area contributed by atoms with Gasteiger partial charge in [0.2, 0.25) is 0 Å². The first-order chi connectivity index (χ1) is 14.1. The molecule has 0 saturated carbocycles. The molecule has 6 nitrogen and oxygen atoms in total. The molecular weight excluding hydrogens is 386 g/mol. The summed E-state index contributed by atoms with van der Waals surface area (Å²) in [5.74, 6) is -0.364. The maximum Gasteiger partial charge on any atom is 0.270 e. The summed E-state index contributed by atoms with van der Waals surface area (Å²) in [6.45, 7) is 2.13. The lowest BCUT2D eigenvalue weighted by Crippen LogP contribution is -2.54. The molecule has 2 aliphatic rings. The fourth-order valence-electron chi connectivity index (χ4n) is 3.56. The Kier molecular flexibility index (Phi) is 5.31. The monoisotopic (exact) mass is 407 g/mol. The molecule has 148 valence electrons. The molecule has 2 amide bonds. The summed E-state index contributed by atoms with van der Waals surface area (Å²) >= 11 is 5.24. The van der Waals surface area contributed by atoms with Crippen LogP contribution in [-0.2, 0) is 9.59 Å². The second-order valence-electron chi connectivity index (χ2n) is 6.95. The van der Waals surface area contributed by atoms with Gasteiger partial charge in [0.1, 0.15) is 11.3 Å². The van der Waals surface area contributed by atoms with Crippen LogP contribution in [0.25, 0.3) is 6.08 Å². The van der Waals surface area contributed by atoms with Crippen molar-refractivity contribution in [1.82, 2.24) is 5.32 Å². The summed E-state index contributed by atoms with van der Waals surface area (Å²) in [6.07, 6.45) is 4.02. The maximum atomic E-state index is 13.1. The Labute approximate surface area is 174 Å². The molecule has 0 radical (unpaired) electrons. The quantitative estimate of drug-likeness (QED) is 0.479. The molecule has 2 fully saturated rings. The van der Waals surface area contributed by atoms with Crippen molar-refractivity contribution in [2.75, 3.05) is 30.0 Å². The summed E-state index contributed by atoms with van der Waals surface area (Å²) in [4.78, 5) is 29.2. The Balaban J connectivity index is 1.62. The average Bonchev–Trinajstić information content (AvgIpc) is 3.26. The number of anilines is 2. The molecule has 29 heavy (non-hydrogen) atoms. The molecule has 2 aromatic carbocycles. The van der Waals surface area contributed by atoms with Crippen LogP contribution in [0.3, 0.4) is 0 Å². The molecule has 0 aromatic heterocycles. The number of thiocarbonyl (C=S) groups is 1. The lowest BCUT2D eigenvalue weighted by molar-refractivity contribution is -0.122. The average molecular weight is 407 g/mol. The highest BCUT2D eigenvalue weighted by Crippen LogP contribution is 2.26. The smallest absolute Gasteiger partial charge is 0.270 e. The van der Waals surface area contributed by atoms with Gasteiger partial charge in [0.05, 0.1) is 12.8 Å². The number of carbonyl (C=O) groups excluding carboxylic acids is 2. The molecule has 2 heterocycles. The van der Waals surface area contributed by atoms with E-state index in [4.69, 9.17) is 17.0 Å². The van der Waals surface area contributed by atoms with E-state index in [0.717, 1.165) is 24.3 Å². The number of hydrogen-bond donors (Lipinski definition) is 1. The van der Waals surface area contributed by atoms with Crippen molar-refractivity contribution in [3.8, 4) is 5.75 Å². The molecule has 2 saturated heterocycles. The highest BCUT2D eigenvalue weighted by atomic mass is 32.1. The minimum atomic E-state index is -0.497. The zero-order chi connectivity index (χ0) is 20.4. The molecule has 1 N–H and O–H groups in total. The largest absolute Gasteiger partial charge is 0.497 e. The molecule has 0 bridgehead atoms. The van der Waals surface area contributed by atoms with E-state index >= 15 is 0 Å². The number of hydrogen-bond acceptors (Lipinski definition) is 5. The van der Waals surface area contributed by atoms with Gasteiger partial charge in [0.25, 0.3) is 11.8 Å². The highest BCUT2D eigenvalue weighted by molar-refractivity contribution is 7.80. The minimum absolute atomic E-state index is 0.0374. The van der Waals surface area contributed by atoms with Crippen LogP contribution in [0.1, 0.15) is 18.4 Å². The summed E-state index contributed by atoms with van der Waals surface area (Å²) < 4.78 is 5.23. The van der Waals surface area contributed by atoms with Crippen molar-refractivity contribution in [3.05, 3.63) is 59.7 Å². The molecule has 0 atom stereocenters. The van der Waals surface area contributed by atoms with Crippen LogP contribution in [0.15, 0.2) is 54.1 Å². The Morgan fingerprint density at radius 1 is 1.03 bits per heavy atom. The zero-order valence-corrected chi connectivity index (χ0v) is 16.9. The molecule has 2 aliphatic heterocycles. The zero-order valence-electron chi connectivity index (χ0n) is 16.1. The fourth-order valence-corrected chi connectivity index (χ4v) is 3.85. The molecule has 0 aliphatic carbocycles. The fraction of sp³-hybridized carbons (Fsp3) is 0.227. The number of amides is 2. The van der Waals surface area contributed by atoms with Gasteiger partial charge in [-0.15, -0.1) is 0 Å². The topological polar surface area (TPSA) is 61.9 Å². The van der Waals surface area contributed by atoms with E-state index in [1.807, 2.05) is 24.3 Å². The Hall–Kier alpha value is -3.19. The Bertz CT molecular complexity index is 995. The van der Waals surface area contributed by atoms with Crippen LogP contribution in [0.5, 0.6) is 5.75 Å². The van der Waals surface area contributed by atoms with E-state index in [0.29, 0.717) is 11.4 Å². The van der Waals surface area contributed by atoms with Crippen LogP contribution in [0, 0.1) is 0 Å². The van der Waals surface area contributed by atoms with Gasteiger partial charge in [0.15, 0.2) is 5.11 Å². The van der Waals surface area contributed by atoms with E-state index in [1.165, 1.54) is 17.7 Å². The standard InChI is InChI=1S/C22H21N3O3S/c1-28-18-6-4-5-17(14-18)25-21(27)19(20(26)23-22(25)29)13-15-7-9-16(10-8-15)24-11-2-3-12-24/h4-10,13-14H,2-3,11-12H2,1H3,(H,23,26,29). The van der Waals surface area contributed by atoms with Gasteiger partial charge in [-0.3, -0.25) is 19.8 Å². The molecule has 7 heteroatoms. The molecular formula is C22H21N3O3S. The summed E-state index contributed by atoms with van der Waals surface area (Å²) in [7, 11) is 1.55. The van der Waals surface area contributed by atoms with Crippen molar-refractivity contribution in [3.63, 3.8) is 0 Å². The van der Waals surface area contributed by atoms with Crippen molar-refractivity contribution >= 4 is 46.6 Å². The SMILES string of the molecule is COc1cccc(N2C(=O)C(=Cc3ccc(N4CCCC4)cc3)C(=O)NC2=S)c1. The van der Waals surface area contributed by atoms with E-state index in [9.17, 15) is 9.59 Å². The lowest BCUT2D eigenvalue weighted by atomic mass is 10.1. The van der Waals surface area contributed by atoms with Gasteiger partial charge in [-0.25, -0.2) is 0 Å². The predicted molar refractivity (Wildman–Crippen MR) is 117 cm³/mol. The van der Waals surface area contributed by atoms with E-state index < -0.39 is 11.8 Å². The molecule has 0 spiro atoms. The second-order valence-corrected chi connectivity index (χ2v) is 7.33. The Morgan fingerprint density at radius 3 is 2.45 bits per heavy atom. The van der Waals surface area contributed by atoms with E-state index in [1.54, 1.807) is 37.5 Å². The van der Waals surface area contributed by atoms with E-state index in [2.05, 4.69) is 10.2 Å². The van der Waals surface area contributed by atoms with Crippen LogP contribution in [0.2, 0.25) is 0 Å². The predicted octanol–water partition coefficient (Wildman–Crippen LogP) is 3.13. The third kappa shape index (κ3) is 3.86. The van der Waals surface area contributed by atoms with Gasteiger partial charge >= 0.3 is 0 Å². The molecule has 2 aromatic rings. The van der Waals surface area contributed by atoms with Crippen LogP contribution < -0.4 is 19.9 Å². The molecule has 0 unspecified atom stereocenters. The molecule has 4 rings (SSSR count). The van der Waals surface area contributed by atoms with Gasteiger partial charge in [-0.2, -0.15) is 0 Å². The van der Waals surface area contributed by atoms with Crippen molar-refractivity contribution in [2.24, 2.45) is 0 Å². The third-order valence-electron chi connectivity index (χ3n) is 5.09. The highest BCUT2D eigenvalue weighted by Gasteiger charge is 2.34. The van der Waals surface area contributed by atoms with Gasteiger partial charge in [0, 0.05) is 24.8 Å². The van der Waals surface area contributed by atoms with Crippen molar-refractivity contribution < 1.29 is 14.3 Å². The third-order valence-corrected chi connectivity index (χ3v) is 5.37. The minimum Gasteiger partial charge on any atom is -0.497 e. The number of nitrogens with one attached hydrogen (secondary N) is 1. The first kappa shape index (κ1) is 19.1. The van der Waals surface area contributed by atoms with Crippen molar-refractivity contribution in [1.29, 1.82) is 0 Å². The number of carbonyl (C=O) groups is 2. The summed E-state index contributed by atoms with van der Waals surface area (Å²) in [6, 6.07) is 14.9. The second kappa shape index (κ2) is 8.05. The number of methoxy groups -OCH3 is 1. The number of benzene rings is 2. The lowest BCUT2D eigenvalue weighted by Gasteiger charge is -2.29. The van der Waals surface area contributed by atoms with Gasteiger partial charge in [-0.05, 0) is 61.0 Å². The Morgan fingerprint density at radius 2 is 1.76 bits per heavy atom. The van der Waals surface area contributed by atoms with Crippen LogP contribution in [-0.4, -0.2) is 37.1 Å². The summed E-state index contributed by atoms with van der Waals surface area (Å²) in [5, 5.41) is 2.65. The number of ether oxygens (including phenoxy) is 1. The van der Waals surface area contributed by atoms with Gasteiger partial charge < -0.3 is 9.64 Å². The summed E-state index contributed by atoms with van der Waals surface area (Å²) in [5.41, 5.74) is 2.51.